The van der Waals surface area contributed by atoms with Gasteiger partial charge in [-0.2, -0.15) is 0 Å². The van der Waals surface area contributed by atoms with Gasteiger partial charge in [0.15, 0.2) is 5.82 Å². The molecule has 0 saturated carbocycles. The number of nitrogens with zero attached hydrogens (tertiary/aromatic N) is 4. The van der Waals surface area contributed by atoms with Crippen LogP contribution in [0.2, 0.25) is 0 Å². The summed E-state index contributed by atoms with van der Waals surface area (Å²) in [5.41, 5.74) is 12.9. The monoisotopic (exact) mass is 664 g/mol. The lowest BCUT2D eigenvalue weighted by Gasteiger charge is -2.18. The van der Waals surface area contributed by atoms with Crippen LogP contribution >= 0.6 is 0 Å². The van der Waals surface area contributed by atoms with E-state index in [-0.39, 0.29) is 5.92 Å². The van der Waals surface area contributed by atoms with Crippen molar-refractivity contribution in [1.29, 1.82) is 0 Å². The molecule has 3 aromatic heterocycles. The highest BCUT2D eigenvalue weighted by molar-refractivity contribution is 6.15. The molecule has 9 aromatic rings. The van der Waals surface area contributed by atoms with Crippen LogP contribution in [0, 0.1) is 0 Å². The largest absolute Gasteiger partial charge is 0.254 e. The summed E-state index contributed by atoms with van der Waals surface area (Å²) in [6.45, 7) is 0. The fourth-order valence-corrected chi connectivity index (χ4v) is 7.61. The van der Waals surface area contributed by atoms with Crippen molar-refractivity contribution >= 4 is 49.2 Å². The highest BCUT2D eigenvalue weighted by atomic mass is 14.9. The number of fused-ring (bicyclic) bond motifs is 5. The summed E-state index contributed by atoms with van der Waals surface area (Å²) >= 11 is 0. The van der Waals surface area contributed by atoms with E-state index in [0.717, 1.165) is 72.7 Å². The van der Waals surface area contributed by atoms with Crippen LogP contribution in [0.15, 0.2) is 176 Å². The molecule has 1 atom stereocenters. The molecule has 1 unspecified atom stereocenters. The summed E-state index contributed by atoms with van der Waals surface area (Å²) < 4.78 is 0. The number of hydrogen-bond acceptors (Lipinski definition) is 4. The SMILES string of the molecule is C1=CC(c2ccc(-c3c4ccccc4nc4c3ccc3cccnc34)cc2)CC=C1c1nc(-c2ccc(-c3ccccc3)cc2)c2ccccc2n1. The van der Waals surface area contributed by atoms with Gasteiger partial charge in [0.05, 0.1) is 27.8 Å². The number of hydrogen-bond donors (Lipinski definition) is 0. The van der Waals surface area contributed by atoms with E-state index in [4.69, 9.17) is 19.9 Å². The Bertz CT molecular complexity index is 2850. The third kappa shape index (κ3) is 5.24. The Morgan fingerprint density at radius 3 is 1.96 bits per heavy atom. The van der Waals surface area contributed by atoms with Crippen LogP contribution in [0.3, 0.4) is 0 Å². The van der Waals surface area contributed by atoms with Gasteiger partial charge >= 0.3 is 0 Å². The highest BCUT2D eigenvalue weighted by Crippen LogP contribution is 2.39. The van der Waals surface area contributed by atoms with Crippen LogP contribution in [0.5, 0.6) is 0 Å². The van der Waals surface area contributed by atoms with Gasteiger partial charge < -0.3 is 0 Å². The van der Waals surface area contributed by atoms with Crippen LogP contribution in [0.4, 0.5) is 0 Å². The molecule has 6 aromatic carbocycles. The third-order valence-electron chi connectivity index (χ3n) is 10.3. The van der Waals surface area contributed by atoms with Gasteiger partial charge in [-0.1, -0.05) is 152 Å². The summed E-state index contributed by atoms with van der Waals surface area (Å²) in [6.07, 6.45) is 9.50. The van der Waals surface area contributed by atoms with Crippen molar-refractivity contribution in [2.45, 2.75) is 12.3 Å². The standard InChI is InChI=1S/C48H32N4/c1-2-9-31(10-3-1)32-18-24-37(25-19-32)45-40-13-5-7-15-43(40)51-48(52-45)38-26-20-34(21-27-38)33-16-22-35(23-17-33)44-39-12-4-6-14-42(39)50-47-41(44)29-28-36-11-8-30-49-46(36)47/h1-20,22-30,34H,21H2. The predicted molar refractivity (Wildman–Crippen MR) is 215 cm³/mol. The average molecular weight is 665 g/mol. The fraction of sp³-hybridized carbons (Fsp3) is 0.0417. The Morgan fingerprint density at radius 2 is 1.17 bits per heavy atom. The summed E-state index contributed by atoms with van der Waals surface area (Å²) in [4.78, 5) is 20.0. The topological polar surface area (TPSA) is 51.6 Å². The van der Waals surface area contributed by atoms with Crippen molar-refractivity contribution in [2.75, 3.05) is 0 Å². The van der Waals surface area contributed by atoms with Crippen LogP contribution in [-0.2, 0) is 0 Å². The molecule has 3 heterocycles. The van der Waals surface area contributed by atoms with Crippen LogP contribution in [0.1, 0.15) is 23.7 Å². The van der Waals surface area contributed by atoms with Gasteiger partial charge in [0.2, 0.25) is 0 Å². The van der Waals surface area contributed by atoms with Gasteiger partial charge in [-0.15, -0.1) is 0 Å². The first kappa shape index (κ1) is 30.1. The molecule has 52 heavy (non-hydrogen) atoms. The van der Waals surface area contributed by atoms with E-state index in [9.17, 15) is 0 Å². The van der Waals surface area contributed by atoms with Crippen molar-refractivity contribution in [3.05, 3.63) is 187 Å². The molecule has 0 amide bonds. The molecule has 1 aliphatic rings. The van der Waals surface area contributed by atoms with E-state index in [0.29, 0.717) is 0 Å². The first-order chi connectivity index (χ1) is 25.8. The quantitative estimate of drug-likeness (QED) is 0.136. The van der Waals surface area contributed by atoms with Crippen molar-refractivity contribution in [1.82, 2.24) is 19.9 Å². The second-order valence-corrected chi connectivity index (χ2v) is 13.4. The Labute approximate surface area is 301 Å². The predicted octanol–water partition coefficient (Wildman–Crippen LogP) is 12.0. The maximum Gasteiger partial charge on any atom is 0.160 e. The normalized spacial score (nSPS) is 14.3. The van der Waals surface area contributed by atoms with Gasteiger partial charge in [0.25, 0.3) is 0 Å². The minimum Gasteiger partial charge on any atom is -0.254 e. The van der Waals surface area contributed by atoms with E-state index in [1.807, 2.05) is 24.4 Å². The molecule has 4 heteroatoms. The van der Waals surface area contributed by atoms with Crippen molar-refractivity contribution in [3.8, 4) is 33.5 Å². The van der Waals surface area contributed by atoms with Crippen LogP contribution < -0.4 is 0 Å². The zero-order valence-corrected chi connectivity index (χ0v) is 28.3. The first-order valence-electron chi connectivity index (χ1n) is 17.7. The highest BCUT2D eigenvalue weighted by Gasteiger charge is 2.18. The maximum atomic E-state index is 5.17. The lowest BCUT2D eigenvalue weighted by molar-refractivity contribution is 0.855. The Morgan fingerprint density at radius 1 is 0.481 bits per heavy atom. The fourth-order valence-electron chi connectivity index (χ4n) is 7.61. The number of rotatable bonds is 5. The molecular weight excluding hydrogens is 633 g/mol. The second-order valence-electron chi connectivity index (χ2n) is 13.4. The van der Waals surface area contributed by atoms with Gasteiger partial charge in [-0.25, -0.2) is 15.0 Å². The smallest absolute Gasteiger partial charge is 0.160 e. The van der Waals surface area contributed by atoms with E-state index >= 15 is 0 Å². The maximum absolute atomic E-state index is 5.17. The zero-order chi connectivity index (χ0) is 34.4. The lowest BCUT2D eigenvalue weighted by atomic mass is 9.88. The molecule has 0 radical (unpaired) electrons. The number of pyridine rings is 2. The third-order valence-corrected chi connectivity index (χ3v) is 10.3. The molecule has 0 aliphatic heterocycles. The molecule has 0 N–H and O–H groups in total. The van der Waals surface area contributed by atoms with Crippen molar-refractivity contribution in [3.63, 3.8) is 0 Å². The molecule has 1 aliphatic carbocycles. The van der Waals surface area contributed by atoms with Crippen LogP contribution in [-0.4, -0.2) is 19.9 Å². The van der Waals surface area contributed by atoms with E-state index in [1.54, 1.807) is 0 Å². The summed E-state index contributed by atoms with van der Waals surface area (Å²) in [7, 11) is 0. The second kappa shape index (κ2) is 12.5. The van der Waals surface area contributed by atoms with Gasteiger partial charge in [0, 0.05) is 50.4 Å². The molecule has 4 nitrogen and oxygen atoms in total. The van der Waals surface area contributed by atoms with Crippen molar-refractivity contribution < 1.29 is 0 Å². The average Bonchev–Trinajstić information content (AvgIpc) is 3.23. The molecule has 0 spiro atoms. The number of aromatic nitrogens is 4. The van der Waals surface area contributed by atoms with Crippen molar-refractivity contribution in [2.24, 2.45) is 0 Å². The zero-order valence-electron chi connectivity index (χ0n) is 28.3. The number of benzene rings is 6. The summed E-state index contributed by atoms with van der Waals surface area (Å²) in [5.74, 6) is 1.02. The Kier molecular flexibility index (Phi) is 7.24. The van der Waals surface area contributed by atoms with E-state index < -0.39 is 0 Å². The van der Waals surface area contributed by atoms with Gasteiger partial charge in [0.1, 0.15) is 0 Å². The Hall–Kier alpha value is -6.78. The minimum atomic E-state index is 0.266. The molecule has 0 fully saturated rings. The van der Waals surface area contributed by atoms with E-state index in [2.05, 4.69) is 152 Å². The minimum absolute atomic E-state index is 0.266. The number of allylic oxidation sites excluding steroid dienone is 4. The van der Waals surface area contributed by atoms with Crippen LogP contribution in [0.25, 0.3) is 82.7 Å². The molecule has 0 saturated heterocycles. The molecule has 0 bridgehead atoms. The van der Waals surface area contributed by atoms with Gasteiger partial charge in [-0.05, 0) is 46.9 Å². The molecule has 244 valence electrons. The van der Waals surface area contributed by atoms with E-state index in [1.165, 1.54) is 27.8 Å². The summed E-state index contributed by atoms with van der Waals surface area (Å²) in [5, 5.41) is 4.41. The lowest BCUT2D eigenvalue weighted by Crippen LogP contribution is -2.02. The number of para-hydroxylation sites is 2. The molecular formula is C48H32N4. The summed E-state index contributed by atoms with van der Waals surface area (Å²) in [6, 6.07) is 53.3. The Balaban J connectivity index is 0.960. The molecule has 10 rings (SSSR count). The van der Waals surface area contributed by atoms with Gasteiger partial charge in [-0.3, -0.25) is 4.98 Å². The first-order valence-corrected chi connectivity index (χ1v) is 17.7.